The van der Waals surface area contributed by atoms with Gasteiger partial charge in [-0.15, -0.1) is 0 Å². The Morgan fingerprint density at radius 1 is 1.33 bits per heavy atom. The van der Waals surface area contributed by atoms with Crippen molar-refractivity contribution >= 4 is 17.6 Å². The van der Waals surface area contributed by atoms with Crippen LogP contribution in [0.15, 0.2) is 24.3 Å². The maximum absolute atomic E-state index is 12.6. The molecule has 0 spiro atoms. The Kier molecular flexibility index (Phi) is 4.92. The molecule has 2 N–H and O–H groups in total. The number of piperazine rings is 1. The van der Waals surface area contributed by atoms with Crippen molar-refractivity contribution in [3.05, 3.63) is 29.8 Å². The minimum Gasteiger partial charge on any atom is -0.378 e. The zero-order valence-corrected chi connectivity index (χ0v) is 14.4. The van der Waals surface area contributed by atoms with E-state index in [-0.39, 0.29) is 30.6 Å². The molecule has 1 saturated heterocycles. The quantitative estimate of drug-likeness (QED) is 0.887. The molecule has 1 saturated carbocycles. The lowest BCUT2D eigenvalue weighted by Gasteiger charge is -2.43. The molecule has 3 rings (SSSR count). The fourth-order valence-electron chi connectivity index (χ4n) is 3.62. The number of hydrogen-bond acceptors (Lipinski definition) is 3. The summed E-state index contributed by atoms with van der Waals surface area (Å²) in [7, 11) is 3.99. The topological polar surface area (TPSA) is 64.7 Å². The van der Waals surface area contributed by atoms with Crippen LogP contribution in [0.1, 0.15) is 31.2 Å². The van der Waals surface area contributed by atoms with Gasteiger partial charge in [0.2, 0.25) is 5.91 Å². The van der Waals surface area contributed by atoms with Crippen LogP contribution in [-0.2, 0) is 11.3 Å². The molecule has 3 amide bonds. The molecule has 0 bridgehead atoms. The maximum atomic E-state index is 12.6. The Morgan fingerprint density at radius 3 is 2.92 bits per heavy atom. The van der Waals surface area contributed by atoms with Crippen LogP contribution in [0.25, 0.3) is 0 Å². The van der Waals surface area contributed by atoms with Crippen molar-refractivity contribution in [2.75, 3.05) is 25.5 Å². The molecule has 0 radical (unpaired) electrons. The van der Waals surface area contributed by atoms with E-state index in [1.807, 2.05) is 37.2 Å². The van der Waals surface area contributed by atoms with Gasteiger partial charge in [0.25, 0.3) is 0 Å². The summed E-state index contributed by atoms with van der Waals surface area (Å²) in [6.07, 6.45) is 4.17. The number of rotatable bonds is 3. The molecule has 2 aliphatic rings. The predicted molar refractivity (Wildman–Crippen MR) is 93.9 cm³/mol. The molecule has 2 atom stereocenters. The first-order chi connectivity index (χ1) is 11.5. The predicted octanol–water partition coefficient (Wildman–Crippen LogP) is 1.71. The standard InChI is InChI=1S/C18H26N4O2/c1-21(2)14-7-5-6-13(10-14)11-19-18(24)22-12-17(23)20-15-8-3-4-9-16(15)22/h5-7,10,15-16H,3-4,8-9,11-12H2,1-2H3,(H,19,24)(H,20,23)/t15-,16-/m0/s1. The number of nitrogens with zero attached hydrogens (tertiary/aromatic N) is 2. The first-order valence-corrected chi connectivity index (χ1v) is 8.64. The Bertz CT molecular complexity index is 617. The van der Waals surface area contributed by atoms with Gasteiger partial charge in [-0.05, 0) is 30.5 Å². The Balaban J connectivity index is 1.63. The average Bonchev–Trinajstić information content (AvgIpc) is 2.59. The highest BCUT2D eigenvalue weighted by Crippen LogP contribution is 2.25. The van der Waals surface area contributed by atoms with E-state index >= 15 is 0 Å². The van der Waals surface area contributed by atoms with Crippen LogP contribution in [0, 0.1) is 0 Å². The molecule has 1 aliphatic heterocycles. The van der Waals surface area contributed by atoms with Gasteiger partial charge in [-0.25, -0.2) is 4.79 Å². The molecule has 2 fully saturated rings. The third kappa shape index (κ3) is 3.63. The van der Waals surface area contributed by atoms with Crippen molar-refractivity contribution in [1.82, 2.24) is 15.5 Å². The Morgan fingerprint density at radius 2 is 2.12 bits per heavy atom. The molecule has 1 aromatic rings. The molecular formula is C18H26N4O2. The summed E-state index contributed by atoms with van der Waals surface area (Å²) >= 11 is 0. The van der Waals surface area contributed by atoms with Crippen LogP contribution < -0.4 is 15.5 Å². The van der Waals surface area contributed by atoms with E-state index in [1.165, 1.54) is 0 Å². The third-order valence-electron chi connectivity index (χ3n) is 4.92. The van der Waals surface area contributed by atoms with E-state index in [9.17, 15) is 9.59 Å². The Hall–Kier alpha value is -2.24. The second-order valence-corrected chi connectivity index (χ2v) is 6.88. The molecule has 130 valence electrons. The summed E-state index contributed by atoms with van der Waals surface area (Å²) in [4.78, 5) is 28.3. The number of urea groups is 1. The SMILES string of the molecule is CN(C)c1cccc(CNC(=O)N2CC(=O)N[C@H]3CCCC[C@@H]32)c1. The van der Waals surface area contributed by atoms with E-state index in [0.29, 0.717) is 6.54 Å². The first-order valence-electron chi connectivity index (χ1n) is 8.64. The largest absolute Gasteiger partial charge is 0.378 e. The highest BCUT2D eigenvalue weighted by atomic mass is 16.2. The summed E-state index contributed by atoms with van der Waals surface area (Å²) in [5.41, 5.74) is 2.16. The van der Waals surface area contributed by atoms with Crippen molar-refractivity contribution in [3.63, 3.8) is 0 Å². The van der Waals surface area contributed by atoms with Gasteiger partial charge in [0, 0.05) is 32.4 Å². The number of carbonyl (C=O) groups is 2. The summed E-state index contributed by atoms with van der Waals surface area (Å²) in [6, 6.07) is 8.19. The molecule has 1 aromatic carbocycles. The number of fused-ring (bicyclic) bond motifs is 1. The minimum atomic E-state index is -0.142. The summed E-state index contributed by atoms with van der Waals surface area (Å²) in [5.74, 6) is -0.0529. The van der Waals surface area contributed by atoms with Gasteiger partial charge < -0.3 is 20.4 Å². The van der Waals surface area contributed by atoms with Crippen molar-refractivity contribution in [3.8, 4) is 0 Å². The molecule has 1 heterocycles. The van der Waals surface area contributed by atoms with Gasteiger partial charge in [0.15, 0.2) is 0 Å². The number of benzene rings is 1. The molecule has 0 unspecified atom stereocenters. The van der Waals surface area contributed by atoms with Crippen LogP contribution in [-0.4, -0.2) is 49.6 Å². The lowest BCUT2D eigenvalue weighted by atomic mass is 9.87. The van der Waals surface area contributed by atoms with Crippen LogP contribution in [0.3, 0.4) is 0 Å². The third-order valence-corrected chi connectivity index (χ3v) is 4.92. The van der Waals surface area contributed by atoms with Crippen LogP contribution in [0.2, 0.25) is 0 Å². The monoisotopic (exact) mass is 330 g/mol. The van der Waals surface area contributed by atoms with E-state index in [2.05, 4.69) is 16.7 Å². The molecule has 6 nitrogen and oxygen atoms in total. The van der Waals surface area contributed by atoms with Gasteiger partial charge in [-0.3, -0.25) is 4.79 Å². The maximum Gasteiger partial charge on any atom is 0.318 e. The normalized spacial score (nSPS) is 23.2. The number of amides is 3. The molecule has 0 aromatic heterocycles. The molecule has 24 heavy (non-hydrogen) atoms. The second kappa shape index (κ2) is 7.11. The minimum absolute atomic E-state index is 0.0529. The van der Waals surface area contributed by atoms with Gasteiger partial charge in [0.05, 0.1) is 6.04 Å². The van der Waals surface area contributed by atoms with E-state index in [1.54, 1.807) is 4.90 Å². The fraction of sp³-hybridized carbons (Fsp3) is 0.556. The zero-order valence-electron chi connectivity index (χ0n) is 14.4. The van der Waals surface area contributed by atoms with Crippen molar-refractivity contribution in [2.24, 2.45) is 0 Å². The van der Waals surface area contributed by atoms with Crippen molar-refractivity contribution < 1.29 is 9.59 Å². The van der Waals surface area contributed by atoms with E-state index in [0.717, 1.165) is 36.9 Å². The lowest BCUT2D eigenvalue weighted by molar-refractivity contribution is -0.126. The van der Waals surface area contributed by atoms with Gasteiger partial charge in [-0.2, -0.15) is 0 Å². The van der Waals surface area contributed by atoms with Gasteiger partial charge in [0.1, 0.15) is 6.54 Å². The van der Waals surface area contributed by atoms with Crippen LogP contribution in [0.4, 0.5) is 10.5 Å². The van der Waals surface area contributed by atoms with Crippen molar-refractivity contribution in [2.45, 2.75) is 44.3 Å². The first kappa shape index (κ1) is 16.6. The number of hydrogen-bond donors (Lipinski definition) is 2. The molecule has 6 heteroatoms. The van der Waals surface area contributed by atoms with Crippen molar-refractivity contribution in [1.29, 1.82) is 0 Å². The highest BCUT2D eigenvalue weighted by molar-refractivity contribution is 5.86. The fourth-order valence-corrected chi connectivity index (χ4v) is 3.62. The molecule has 1 aliphatic carbocycles. The highest BCUT2D eigenvalue weighted by Gasteiger charge is 2.38. The number of anilines is 1. The average molecular weight is 330 g/mol. The second-order valence-electron chi connectivity index (χ2n) is 6.88. The number of nitrogens with one attached hydrogen (secondary N) is 2. The summed E-state index contributed by atoms with van der Waals surface area (Å²) < 4.78 is 0. The van der Waals surface area contributed by atoms with Crippen LogP contribution in [0.5, 0.6) is 0 Å². The number of carbonyl (C=O) groups excluding carboxylic acids is 2. The summed E-state index contributed by atoms with van der Waals surface area (Å²) in [6.45, 7) is 0.626. The van der Waals surface area contributed by atoms with Crippen LogP contribution >= 0.6 is 0 Å². The van der Waals surface area contributed by atoms with Gasteiger partial charge in [-0.1, -0.05) is 25.0 Å². The van der Waals surface area contributed by atoms with E-state index < -0.39 is 0 Å². The smallest absolute Gasteiger partial charge is 0.318 e. The molecular weight excluding hydrogens is 304 g/mol. The lowest BCUT2D eigenvalue weighted by Crippen LogP contribution is -2.64. The van der Waals surface area contributed by atoms with Gasteiger partial charge >= 0.3 is 6.03 Å². The zero-order chi connectivity index (χ0) is 17.1. The Labute approximate surface area is 143 Å². The van der Waals surface area contributed by atoms with E-state index in [4.69, 9.17) is 0 Å². The summed E-state index contributed by atoms with van der Waals surface area (Å²) in [5, 5.41) is 6.01.